The second-order valence-electron chi connectivity index (χ2n) is 8.14. The van der Waals surface area contributed by atoms with E-state index in [4.69, 9.17) is 23.7 Å². The van der Waals surface area contributed by atoms with E-state index in [2.05, 4.69) is 11.9 Å². The van der Waals surface area contributed by atoms with Crippen molar-refractivity contribution in [1.29, 1.82) is 0 Å². The molecule has 1 saturated heterocycles. The first-order chi connectivity index (χ1) is 16.4. The summed E-state index contributed by atoms with van der Waals surface area (Å²) in [6.45, 7) is 1.91. The van der Waals surface area contributed by atoms with Gasteiger partial charge in [-0.3, -0.25) is 4.79 Å². The van der Waals surface area contributed by atoms with E-state index in [0.717, 1.165) is 31.5 Å². The van der Waals surface area contributed by atoms with Gasteiger partial charge in [-0.15, -0.1) is 0 Å². The van der Waals surface area contributed by atoms with E-state index in [1.165, 1.54) is 27.4 Å². The minimum absolute atomic E-state index is 0.0388. The number of hydrogen-bond acceptors (Lipinski definition) is 8. The summed E-state index contributed by atoms with van der Waals surface area (Å²) >= 11 is 0. The van der Waals surface area contributed by atoms with Crippen LogP contribution in [0, 0.1) is 0 Å². The fourth-order valence-corrected chi connectivity index (χ4v) is 4.38. The van der Waals surface area contributed by atoms with Crippen molar-refractivity contribution in [2.24, 2.45) is 0 Å². The Kier molecular flexibility index (Phi) is 8.28. The van der Waals surface area contributed by atoms with Crippen molar-refractivity contribution >= 4 is 11.9 Å². The molecule has 0 atom stereocenters. The Bertz CT molecular complexity index is 1030. The average Bonchev–Trinajstić information content (AvgIpc) is 2.86. The lowest BCUT2D eigenvalue weighted by molar-refractivity contribution is 0.104. The van der Waals surface area contributed by atoms with Gasteiger partial charge in [0.15, 0.2) is 5.78 Å². The minimum atomic E-state index is -0.352. The van der Waals surface area contributed by atoms with Gasteiger partial charge in [0.05, 0.1) is 41.1 Å². The summed E-state index contributed by atoms with van der Waals surface area (Å²) in [5.41, 5.74) is 1.57. The molecule has 0 radical (unpaired) electrons. The molecule has 1 aliphatic rings. The Hall–Kier alpha value is -3.39. The molecule has 1 N–H and O–H groups in total. The Morgan fingerprint density at radius 3 is 2.00 bits per heavy atom. The number of benzene rings is 2. The van der Waals surface area contributed by atoms with Gasteiger partial charge in [0.2, 0.25) is 0 Å². The zero-order chi connectivity index (χ0) is 24.8. The molecule has 1 heterocycles. The van der Waals surface area contributed by atoms with Crippen molar-refractivity contribution in [1.82, 2.24) is 4.90 Å². The molecular weight excluding hydrogens is 438 g/mol. The van der Waals surface area contributed by atoms with Crippen LogP contribution in [0.15, 0.2) is 24.3 Å². The largest absolute Gasteiger partial charge is 0.507 e. The summed E-state index contributed by atoms with van der Waals surface area (Å²) in [6.07, 6.45) is 4.81. The molecule has 1 fully saturated rings. The van der Waals surface area contributed by atoms with Crippen LogP contribution in [0.5, 0.6) is 34.5 Å². The van der Waals surface area contributed by atoms with Gasteiger partial charge in [-0.1, -0.05) is 0 Å². The van der Waals surface area contributed by atoms with Crippen LogP contribution in [-0.4, -0.2) is 71.5 Å². The molecule has 0 aromatic heterocycles. The Morgan fingerprint density at radius 2 is 1.50 bits per heavy atom. The normalized spacial score (nSPS) is 14.8. The van der Waals surface area contributed by atoms with Crippen molar-refractivity contribution in [2.75, 3.05) is 55.7 Å². The molecule has 0 aliphatic carbocycles. The van der Waals surface area contributed by atoms with Crippen LogP contribution in [0.1, 0.15) is 40.2 Å². The molecule has 0 amide bonds. The van der Waals surface area contributed by atoms with E-state index in [9.17, 15) is 9.90 Å². The van der Waals surface area contributed by atoms with Crippen LogP contribution >= 0.6 is 0 Å². The zero-order valence-corrected chi connectivity index (χ0v) is 20.6. The number of phenols is 1. The summed E-state index contributed by atoms with van der Waals surface area (Å²) in [5, 5.41) is 10.8. The van der Waals surface area contributed by atoms with Crippen LogP contribution < -0.4 is 23.7 Å². The summed E-state index contributed by atoms with van der Waals surface area (Å²) in [5.74, 6) is 2.05. The second-order valence-corrected chi connectivity index (χ2v) is 8.14. The highest BCUT2D eigenvalue weighted by atomic mass is 16.5. The lowest BCUT2D eigenvalue weighted by Crippen LogP contribution is -2.29. The SMILES string of the molecule is COc1cc(OC)c(C(=O)/C=C/c2c(O)cc(OC)c(C3CCN(C)CC3)c2OC)c(OC)c1. The predicted octanol–water partition coefficient (Wildman–Crippen LogP) is 4.14. The third kappa shape index (κ3) is 5.07. The number of carbonyl (C=O) groups is 1. The van der Waals surface area contributed by atoms with Gasteiger partial charge in [0, 0.05) is 23.8 Å². The van der Waals surface area contributed by atoms with E-state index in [0.29, 0.717) is 34.3 Å². The molecule has 2 aromatic carbocycles. The standard InChI is InChI=1S/C26H33NO7/c1-27-11-9-16(10-12-27)24-23(33-5)15-20(29)18(26(24)34-6)7-8-19(28)25-21(31-3)13-17(30-2)14-22(25)32-4/h7-8,13-16,29H,9-12H2,1-6H3/b8-7+. The Labute approximate surface area is 200 Å². The number of piperidine rings is 1. The van der Waals surface area contributed by atoms with Crippen LogP contribution in [-0.2, 0) is 0 Å². The number of ether oxygens (including phenoxy) is 5. The third-order valence-electron chi connectivity index (χ3n) is 6.21. The van der Waals surface area contributed by atoms with Gasteiger partial charge in [-0.25, -0.2) is 0 Å². The highest BCUT2D eigenvalue weighted by Crippen LogP contribution is 2.46. The number of allylic oxidation sites excluding steroid dienone is 1. The third-order valence-corrected chi connectivity index (χ3v) is 6.21. The van der Waals surface area contributed by atoms with Crippen molar-refractivity contribution in [2.45, 2.75) is 18.8 Å². The number of ketones is 1. The first-order valence-electron chi connectivity index (χ1n) is 11.1. The highest BCUT2D eigenvalue weighted by Gasteiger charge is 2.28. The van der Waals surface area contributed by atoms with Crippen LogP contribution in [0.4, 0.5) is 0 Å². The topological polar surface area (TPSA) is 86.7 Å². The molecule has 34 heavy (non-hydrogen) atoms. The van der Waals surface area contributed by atoms with Crippen molar-refractivity contribution in [3.8, 4) is 34.5 Å². The maximum atomic E-state index is 13.2. The van der Waals surface area contributed by atoms with Gasteiger partial charge in [0.25, 0.3) is 0 Å². The molecule has 3 rings (SSSR count). The Balaban J connectivity index is 2.05. The van der Waals surface area contributed by atoms with Crippen molar-refractivity contribution in [3.63, 3.8) is 0 Å². The molecule has 8 heteroatoms. The number of hydrogen-bond donors (Lipinski definition) is 1. The second kappa shape index (κ2) is 11.2. The van der Waals surface area contributed by atoms with Gasteiger partial charge in [0.1, 0.15) is 40.1 Å². The fourth-order valence-electron chi connectivity index (χ4n) is 4.38. The lowest BCUT2D eigenvalue weighted by Gasteiger charge is -2.31. The molecule has 0 bridgehead atoms. The maximum Gasteiger partial charge on any atom is 0.193 e. The number of aromatic hydroxyl groups is 1. The maximum absolute atomic E-state index is 13.2. The first kappa shape index (κ1) is 25.2. The first-order valence-corrected chi connectivity index (χ1v) is 11.1. The number of likely N-dealkylation sites (tertiary alicyclic amines) is 1. The number of carbonyl (C=O) groups excluding carboxylic acids is 1. The Morgan fingerprint density at radius 1 is 0.912 bits per heavy atom. The van der Waals surface area contributed by atoms with Crippen LogP contribution in [0.2, 0.25) is 0 Å². The van der Waals surface area contributed by atoms with Gasteiger partial charge >= 0.3 is 0 Å². The summed E-state index contributed by atoms with van der Waals surface area (Å²) in [6, 6.07) is 4.81. The number of phenolic OH excluding ortho intramolecular Hbond substituents is 1. The molecule has 0 unspecified atom stereocenters. The summed E-state index contributed by atoms with van der Waals surface area (Å²) in [7, 11) is 9.70. The summed E-state index contributed by atoms with van der Waals surface area (Å²) < 4.78 is 27.4. The fraction of sp³-hybridized carbons (Fsp3) is 0.423. The zero-order valence-electron chi connectivity index (χ0n) is 20.6. The number of rotatable bonds is 9. The van der Waals surface area contributed by atoms with Crippen molar-refractivity contribution < 1.29 is 33.6 Å². The van der Waals surface area contributed by atoms with E-state index >= 15 is 0 Å². The molecular formula is C26H33NO7. The lowest BCUT2D eigenvalue weighted by atomic mass is 9.86. The van der Waals surface area contributed by atoms with Crippen molar-refractivity contribution in [3.05, 3.63) is 41.0 Å². The monoisotopic (exact) mass is 471 g/mol. The van der Waals surface area contributed by atoms with Crippen LogP contribution in [0.3, 0.4) is 0 Å². The van der Waals surface area contributed by atoms with Crippen LogP contribution in [0.25, 0.3) is 6.08 Å². The number of methoxy groups -OCH3 is 5. The average molecular weight is 472 g/mol. The highest BCUT2D eigenvalue weighted by molar-refractivity contribution is 6.11. The van der Waals surface area contributed by atoms with E-state index < -0.39 is 0 Å². The predicted molar refractivity (Wildman–Crippen MR) is 130 cm³/mol. The van der Waals surface area contributed by atoms with E-state index in [1.54, 1.807) is 38.5 Å². The number of nitrogens with zero attached hydrogens (tertiary/aromatic N) is 1. The molecule has 0 saturated carbocycles. The quantitative estimate of drug-likeness (QED) is 0.431. The minimum Gasteiger partial charge on any atom is -0.507 e. The molecule has 2 aromatic rings. The molecule has 8 nitrogen and oxygen atoms in total. The molecule has 184 valence electrons. The van der Waals surface area contributed by atoms with Gasteiger partial charge in [-0.05, 0) is 51.0 Å². The van der Waals surface area contributed by atoms with E-state index in [-0.39, 0.29) is 23.0 Å². The molecule has 1 aliphatic heterocycles. The summed E-state index contributed by atoms with van der Waals surface area (Å²) in [4.78, 5) is 15.5. The molecule has 0 spiro atoms. The van der Waals surface area contributed by atoms with Gasteiger partial charge < -0.3 is 33.7 Å². The van der Waals surface area contributed by atoms with E-state index in [1.807, 2.05) is 0 Å². The smallest absolute Gasteiger partial charge is 0.193 e. The van der Waals surface area contributed by atoms with Gasteiger partial charge in [-0.2, -0.15) is 0 Å².